The number of nitrogens with zero attached hydrogens (tertiary/aromatic N) is 2. The molecule has 0 spiro atoms. The van der Waals surface area contributed by atoms with Crippen LogP contribution in [0.2, 0.25) is 0 Å². The number of aromatic nitrogens is 1. The second kappa shape index (κ2) is 11.9. The molecule has 0 amide bonds. The van der Waals surface area contributed by atoms with Crippen LogP contribution in [0.1, 0.15) is 22.4 Å². The largest absolute Gasteiger partial charge is 0.490 e. The Kier molecular flexibility index (Phi) is 10.3. The lowest BCUT2D eigenvalue weighted by atomic mass is 10.2. The molecule has 0 saturated heterocycles. The van der Waals surface area contributed by atoms with Gasteiger partial charge in [0.05, 0.1) is 18.2 Å². The van der Waals surface area contributed by atoms with Gasteiger partial charge in [-0.25, -0.2) is 4.98 Å². The smallest absolute Gasteiger partial charge is 0.387 e. The summed E-state index contributed by atoms with van der Waals surface area (Å²) in [6.45, 7) is 1.98. The molecule has 2 aromatic rings. The van der Waals surface area contributed by atoms with Crippen molar-refractivity contribution < 1.29 is 18.3 Å². The van der Waals surface area contributed by atoms with Gasteiger partial charge >= 0.3 is 6.61 Å². The summed E-state index contributed by atoms with van der Waals surface area (Å²) in [4.78, 5) is 9.40. The maximum atomic E-state index is 12.8. The third-order valence-electron chi connectivity index (χ3n) is 3.34. The first-order valence-corrected chi connectivity index (χ1v) is 8.90. The number of aryl methyl sites for hydroxylation is 1. The summed E-state index contributed by atoms with van der Waals surface area (Å²) in [5.74, 6) is 0.862. The Morgan fingerprint density at radius 3 is 2.63 bits per heavy atom. The van der Waals surface area contributed by atoms with Gasteiger partial charge in [-0.05, 0) is 19.9 Å². The maximum absolute atomic E-state index is 12.8. The molecule has 0 aliphatic rings. The second-order valence-electron chi connectivity index (χ2n) is 5.18. The molecule has 0 saturated carbocycles. The molecule has 1 aromatic carbocycles. The zero-order valence-corrected chi connectivity index (χ0v) is 18.4. The van der Waals surface area contributed by atoms with Gasteiger partial charge in [0.15, 0.2) is 17.5 Å². The van der Waals surface area contributed by atoms with Crippen LogP contribution in [0.4, 0.5) is 8.78 Å². The van der Waals surface area contributed by atoms with E-state index in [2.05, 4.69) is 25.3 Å². The third-order valence-corrected chi connectivity index (χ3v) is 4.25. The topological polar surface area (TPSA) is 67.8 Å². The van der Waals surface area contributed by atoms with Crippen molar-refractivity contribution in [1.29, 1.82) is 0 Å². The fourth-order valence-electron chi connectivity index (χ4n) is 2.25. The molecular formula is C17H23F2IN4O2S. The van der Waals surface area contributed by atoms with Gasteiger partial charge < -0.3 is 20.1 Å². The summed E-state index contributed by atoms with van der Waals surface area (Å²) in [5, 5.41) is 7.24. The molecule has 27 heavy (non-hydrogen) atoms. The average molecular weight is 512 g/mol. The van der Waals surface area contributed by atoms with Crippen molar-refractivity contribution in [2.24, 2.45) is 4.99 Å². The number of ether oxygens (including phenoxy) is 2. The van der Waals surface area contributed by atoms with Crippen LogP contribution in [0.3, 0.4) is 0 Å². The van der Waals surface area contributed by atoms with E-state index >= 15 is 0 Å². The summed E-state index contributed by atoms with van der Waals surface area (Å²) in [6.07, 6.45) is 1.81. The normalized spacial score (nSPS) is 11.1. The first-order chi connectivity index (χ1) is 12.5. The van der Waals surface area contributed by atoms with Crippen LogP contribution in [0, 0.1) is 6.92 Å². The molecule has 1 heterocycles. The Morgan fingerprint density at radius 2 is 2.04 bits per heavy atom. The van der Waals surface area contributed by atoms with Crippen LogP contribution < -0.4 is 20.1 Å². The standard InChI is InChI=1S/C17H22F2N4O2S.HI/c1-4-24-14-7-5-6-12(15(14)25-16(18)19)8-22-17(20-3)23-10-13-9-21-11(2)26-13;/h5-7,9,16H,4,8,10H2,1-3H3,(H2,20,22,23);1H. The van der Waals surface area contributed by atoms with Crippen molar-refractivity contribution >= 4 is 41.3 Å². The van der Waals surface area contributed by atoms with E-state index in [9.17, 15) is 8.78 Å². The number of benzene rings is 1. The molecule has 0 aliphatic heterocycles. The molecule has 2 rings (SSSR count). The lowest BCUT2D eigenvalue weighted by Gasteiger charge is -2.17. The number of guanidine groups is 1. The number of para-hydroxylation sites is 1. The summed E-state index contributed by atoms with van der Waals surface area (Å²) < 4.78 is 35.6. The second-order valence-corrected chi connectivity index (χ2v) is 6.50. The summed E-state index contributed by atoms with van der Waals surface area (Å²) in [5.41, 5.74) is 0.549. The van der Waals surface area contributed by atoms with Gasteiger partial charge in [0.2, 0.25) is 0 Å². The quantitative estimate of drug-likeness (QED) is 0.319. The highest BCUT2D eigenvalue weighted by Crippen LogP contribution is 2.32. The van der Waals surface area contributed by atoms with Gasteiger partial charge in [-0.2, -0.15) is 8.78 Å². The number of alkyl halides is 2. The Bertz CT molecular complexity index is 743. The van der Waals surface area contributed by atoms with Crippen molar-refractivity contribution in [1.82, 2.24) is 15.6 Å². The zero-order chi connectivity index (χ0) is 18.9. The monoisotopic (exact) mass is 512 g/mol. The molecule has 0 unspecified atom stereocenters. The van der Waals surface area contributed by atoms with E-state index in [1.807, 2.05) is 6.92 Å². The molecule has 0 fully saturated rings. The van der Waals surface area contributed by atoms with Crippen LogP contribution in [-0.2, 0) is 13.1 Å². The number of nitrogens with one attached hydrogen (secondary N) is 2. The van der Waals surface area contributed by atoms with E-state index in [1.165, 1.54) is 0 Å². The van der Waals surface area contributed by atoms with Crippen molar-refractivity contribution in [3.63, 3.8) is 0 Å². The van der Waals surface area contributed by atoms with Gasteiger partial charge in [-0.1, -0.05) is 12.1 Å². The number of halogens is 3. The first-order valence-electron chi connectivity index (χ1n) is 8.08. The van der Waals surface area contributed by atoms with Crippen molar-refractivity contribution in [3.8, 4) is 11.5 Å². The molecule has 0 bridgehead atoms. The minimum atomic E-state index is -2.93. The maximum Gasteiger partial charge on any atom is 0.387 e. The Balaban J connectivity index is 0.00000364. The first kappa shape index (κ1) is 23.3. The average Bonchev–Trinajstić information content (AvgIpc) is 3.02. The van der Waals surface area contributed by atoms with Crippen LogP contribution in [-0.4, -0.2) is 31.2 Å². The zero-order valence-electron chi connectivity index (χ0n) is 15.3. The van der Waals surface area contributed by atoms with E-state index in [-0.39, 0.29) is 42.0 Å². The number of aliphatic imine (C=N–C) groups is 1. The SMILES string of the molecule is CCOc1cccc(CNC(=NC)NCc2cnc(C)s2)c1OC(F)F.I. The third kappa shape index (κ3) is 7.45. The van der Waals surface area contributed by atoms with Crippen LogP contribution in [0.15, 0.2) is 29.4 Å². The summed E-state index contributed by atoms with van der Waals surface area (Å²) >= 11 is 1.60. The highest BCUT2D eigenvalue weighted by atomic mass is 127. The minimum Gasteiger partial charge on any atom is -0.490 e. The molecule has 150 valence electrons. The lowest BCUT2D eigenvalue weighted by molar-refractivity contribution is -0.0520. The van der Waals surface area contributed by atoms with Crippen molar-refractivity contribution in [2.45, 2.75) is 33.5 Å². The van der Waals surface area contributed by atoms with Gasteiger partial charge in [0.1, 0.15) is 0 Å². The van der Waals surface area contributed by atoms with Crippen molar-refractivity contribution in [2.75, 3.05) is 13.7 Å². The Hall–Kier alpha value is -1.69. The Morgan fingerprint density at radius 1 is 1.30 bits per heavy atom. The number of rotatable bonds is 8. The van der Waals surface area contributed by atoms with E-state index in [4.69, 9.17) is 4.74 Å². The van der Waals surface area contributed by atoms with Crippen molar-refractivity contribution in [3.05, 3.63) is 39.8 Å². The lowest BCUT2D eigenvalue weighted by Crippen LogP contribution is -2.36. The van der Waals surface area contributed by atoms with E-state index in [0.29, 0.717) is 24.7 Å². The predicted octanol–water partition coefficient (Wildman–Crippen LogP) is 3.93. The minimum absolute atomic E-state index is 0. The molecule has 0 radical (unpaired) electrons. The van der Waals surface area contributed by atoms with Crippen LogP contribution in [0.25, 0.3) is 0 Å². The van der Waals surface area contributed by atoms with E-state index in [1.54, 1.807) is 49.7 Å². The van der Waals surface area contributed by atoms with Crippen LogP contribution in [0.5, 0.6) is 11.5 Å². The van der Waals surface area contributed by atoms with Gasteiger partial charge in [0, 0.05) is 30.2 Å². The van der Waals surface area contributed by atoms with E-state index in [0.717, 1.165) is 9.88 Å². The molecule has 0 atom stereocenters. The number of hydrogen-bond acceptors (Lipinski definition) is 5. The van der Waals surface area contributed by atoms with Gasteiger partial charge in [-0.3, -0.25) is 4.99 Å². The van der Waals surface area contributed by atoms with Crippen LogP contribution >= 0.6 is 35.3 Å². The van der Waals surface area contributed by atoms with E-state index < -0.39 is 6.61 Å². The molecule has 10 heteroatoms. The van der Waals surface area contributed by atoms with Gasteiger partial charge in [0.25, 0.3) is 0 Å². The molecule has 2 N–H and O–H groups in total. The number of hydrogen-bond donors (Lipinski definition) is 2. The molecule has 6 nitrogen and oxygen atoms in total. The molecule has 1 aromatic heterocycles. The fraction of sp³-hybridized carbons (Fsp3) is 0.412. The predicted molar refractivity (Wildman–Crippen MR) is 114 cm³/mol. The highest BCUT2D eigenvalue weighted by Gasteiger charge is 2.16. The Labute approximate surface area is 178 Å². The number of thiazole rings is 1. The summed E-state index contributed by atoms with van der Waals surface area (Å²) in [6, 6.07) is 5.04. The molecular weight excluding hydrogens is 489 g/mol. The van der Waals surface area contributed by atoms with Gasteiger partial charge in [-0.15, -0.1) is 35.3 Å². The summed E-state index contributed by atoms with van der Waals surface area (Å²) in [7, 11) is 1.64. The fourth-order valence-corrected chi connectivity index (χ4v) is 2.98. The highest BCUT2D eigenvalue weighted by molar-refractivity contribution is 14.0. The molecule has 0 aliphatic carbocycles.